The van der Waals surface area contributed by atoms with Gasteiger partial charge in [-0.25, -0.2) is 4.98 Å². The number of hydrogen-bond acceptors (Lipinski definition) is 4. The second kappa shape index (κ2) is 6.65. The highest BCUT2D eigenvalue weighted by molar-refractivity contribution is 7.17. The number of fused-ring (bicyclic) bond motifs is 6. The zero-order valence-electron chi connectivity index (χ0n) is 15.8. The van der Waals surface area contributed by atoms with Gasteiger partial charge in [-0.2, -0.15) is 0 Å². The highest BCUT2D eigenvalue weighted by atomic mass is 32.1. The molecular weight excluding hydrogens is 390 g/mol. The molecule has 0 unspecified atom stereocenters. The van der Waals surface area contributed by atoms with Gasteiger partial charge in [-0.1, -0.05) is 78.9 Å². The first kappa shape index (κ1) is 17.1. The lowest BCUT2D eigenvalue weighted by molar-refractivity contribution is 0.104. The van der Waals surface area contributed by atoms with Gasteiger partial charge in [0.15, 0.2) is 5.58 Å². The van der Waals surface area contributed by atoms with Crippen LogP contribution in [0.15, 0.2) is 95.4 Å². The molecule has 0 fully saturated rings. The molecule has 142 valence electrons. The van der Waals surface area contributed by atoms with E-state index in [0.717, 1.165) is 37.5 Å². The smallest absolute Gasteiger partial charge is 0.237 e. The van der Waals surface area contributed by atoms with Crippen LogP contribution in [-0.4, -0.2) is 10.8 Å². The number of aromatic nitrogens is 1. The summed E-state index contributed by atoms with van der Waals surface area (Å²) in [5.41, 5.74) is 2.31. The van der Waals surface area contributed by atoms with Crippen molar-refractivity contribution in [2.45, 2.75) is 0 Å². The maximum Gasteiger partial charge on any atom is 0.237 e. The second-order valence-electron chi connectivity index (χ2n) is 7.15. The third-order valence-corrected chi connectivity index (χ3v) is 6.42. The lowest BCUT2D eigenvalue weighted by Crippen LogP contribution is -1.97. The van der Waals surface area contributed by atoms with Crippen molar-refractivity contribution >= 4 is 49.8 Å². The first-order chi connectivity index (χ1) is 14.8. The molecule has 2 heterocycles. The van der Waals surface area contributed by atoms with Crippen molar-refractivity contribution in [3.63, 3.8) is 0 Å². The van der Waals surface area contributed by atoms with Crippen LogP contribution in [-0.2, 0) is 0 Å². The van der Waals surface area contributed by atoms with Gasteiger partial charge in [0.05, 0.1) is 9.75 Å². The van der Waals surface area contributed by atoms with Gasteiger partial charge < -0.3 is 4.42 Å². The van der Waals surface area contributed by atoms with E-state index in [2.05, 4.69) is 24.3 Å². The van der Waals surface area contributed by atoms with E-state index in [0.29, 0.717) is 16.3 Å². The van der Waals surface area contributed by atoms with Gasteiger partial charge in [-0.05, 0) is 22.9 Å². The first-order valence-corrected chi connectivity index (χ1v) is 10.5. The summed E-state index contributed by atoms with van der Waals surface area (Å²) < 4.78 is 6.26. The Morgan fingerprint density at radius 1 is 0.700 bits per heavy atom. The van der Waals surface area contributed by atoms with E-state index in [4.69, 9.17) is 9.40 Å². The fourth-order valence-corrected chi connectivity index (χ4v) is 4.83. The van der Waals surface area contributed by atoms with Crippen LogP contribution in [0.5, 0.6) is 0 Å². The Balaban J connectivity index is 1.53. The van der Waals surface area contributed by atoms with E-state index >= 15 is 0 Å². The molecule has 3 nitrogen and oxygen atoms in total. The van der Waals surface area contributed by atoms with E-state index in [1.54, 1.807) is 0 Å². The molecule has 0 aliphatic carbocycles. The van der Waals surface area contributed by atoms with Crippen LogP contribution >= 0.6 is 11.3 Å². The van der Waals surface area contributed by atoms with E-state index < -0.39 is 0 Å². The molecule has 0 atom stereocenters. The number of rotatable bonds is 3. The number of oxazole rings is 1. The van der Waals surface area contributed by atoms with Crippen LogP contribution in [0.2, 0.25) is 0 Å². The van der Waals surface area contributed by atoms with Crippen molar-refractivity contribution in [2.75, 3.05) is 0 Å². The van der Waals surface area contributed by atoms with E-state index in [-0.39, 0.29) is 5.78 Å². The Morgan fingerprint density at radius 3 is 2.10 bits per heavy atom. The van der Waals surface area contributed by atoms with Crippen molar-refractivity contribution in [2.24, 2.45) is 0 Å². The molecule has 0 radical (unpaired) electrons. The number of benzene rings is 4. The molecule has 4 aromatic carbocycles. The average Bonchev–Trinajstić information content (AvgIpc) is 3.47. The Bertz CT molecular complexity index is 1490. The maximum absolute atomic E-state index is 12.8. The van der Waals surface area contributed by atoms with Crippen LogP contribution in [0.25, 0.3) is 43.4 Å². The van der Waals surface area contributed by atoms with Gasteiger partial charge in [0, 0.05) is 16.3 Å². The summed E-state index contributed by atoms with van der Waals surface area (Å²) in [6.07, 6.45) is 0. The number of thiophene rings is 1. The number of ketones is 1. The Labute approximate surface area is 176 Å². The van der Waals surface area contributed by atoms with Crippen LogP contribution in [0, 0.1) is 0 Å². The summed E-state index contributed by atoms with van der Waals surface area (Å²) in [6, 6.07) is 29.6. The molecule has 2 aromatic heterocycles. The summed E-state index contributed by atoms with van der Waals surface area (Å²) in [6.45, 7) is 0. The Morgan fingerprint density at radius 2 is 1.33 bits per heavy atom. The van der Waals surface area contributed by atoms with E-state index in [1.165, 1.54) is 11.3 Å². The molecule has 30 heavy (non-hydrogen) atoms. The third kappa shape index (κ3) is 2.58. The molecule has 0 saturated heterocycles. The van der Waals surface area contributed by atoms with Gasteiger partial charge in [0.1, 0.15) is 5.52 Å². The Hall–Kier alpha value is -3.76. The van der Waals surface area contributed by atoms with Crippen molar-refractivity contribution in [3.8, 4) is 10.8 Å². The first-order valence-electron chi connectivity index (χ1n) is 9.69. The molecule has 0 N–H and O–H groups in total. The lowest BCUT2D eigenvalue weighted by Gasteiger charge is -2.04. The lowest BCUT2D eigenvalue weighted by atomic mass is 10.0. The van der Waals surface area contributed by atoms with Crippen molar-refractivity contribution in [1.82, 2.24) is 4.98 Å². The molecule has 6 rings (SSSR count). The monoisotopic (exact) mass is 405 g/mol. The van der Waals surface area contributed by atoms with Crippen LogP contribution in [0.4, 0.5) is 0 Å². The normalized spacial score (nSPS) is 11.5. The zero-order valence-corrected chi connectivity index (χ0v) is 16.6. The highest BCUT2D eigenvalue weighted by Gasteiger charge is 2.18. The highest BCUT2D eigenvalue weighted by Crippen LogP contribution is 2.38. The summed E-state index contributed by atoms with van der Waals surface area (Å²) in [5.74, 6) is 0.558. The van der Waals surface area contributed by atoms with Crippen LogP contribution in [0.3, 0.4) is 0 Å². The summed E-state index contributed by atoms with van der Waals surface area (Å²) in [5, 5.41) is 4.42. The Kier molecular flexibility index (Phi) is 3.79. The van der Waals surface area contributed by atoms with Gasteiger partial charge >= 0.3 is 0 Å². The maximum atomic E-state index is 12.8. The van der Waals surface area contributed by atoms with Gasteiger partial charge in [0.2, 0.25) is 11.7 Å². The summed E-state index contributed by atoms with van der Waals surface area (Å²) in [7, 11) is 0. The van der Waals surface area contributed by atoms with Crippen molar-refractivity contribution in [3.05, 3.63) is 101 Å². The number of nitrogens with zero attached hydrogens (tertiary/aromatic N) is 1. The molecule has 0 saturated carbocycles. The molecule has 0 bridgehead atoms. The fraction of sp³-hybridized carbons (Fsp3) is 0. The number of carbonyl (C=O) groups excluding carboxylic acids is 1. The predicted molar refractivity (Wildman–Crippen MR) is 122 cm³/mol. The van der Waals surface area contributed by atoms with Crippen molar-refractivity contribution < 1.29 is 9.21 Å². The summed E-state index contributed by atoms with van der Waals surface area (Å²) >= 11 is 1.41. The van der Waals surface area contributed by atoms with Crippen molar-refractivity contribution in [1.29, 1.82) is 0 Å². The van der Waals surface area contributed by atoms with Gasteiger partial charge in [0.25, 0.3) is 0 Å². The molecule has 0 aliphatic heterocycles. The predicted octanol–water partition coefficient (Wildman–Crippen LogP) is 7.09. The zero-order chi connectivity index (χ0) is 20.1. The molecular formula is C26H15NO2S. The minimum absolute atomic E-state index is 0.0128. The topological polar surface area (TPSA) is 43.1 Å². The van der Waals surface area contributed by atoms with Crippen LogP contribution in [0.1, 0.15) is 15.2 Å². The molecule has 0 spiro atoms. The van der Waals surface area contributed by atoms with Gasteiger partial charge in [-0.15, -0.1) is 11.3 Å². The minimum Gasteiger partial charge on any atom is -0.435 e. The SMILES string of the molecule is O=C(c1ccccc1)c1ccc(-c2nc3c4ccccc4c4ccccc4c3o2)s1. The third-order valence-electron chi connectivity index (χ3n) is 5.35. The molecule has 4 heteroatoms. The molecule has 6 aromatic rings. The number of hydrogen-bond donors (Lipinski definition) is 0. The molecule has 0 aliphatic rings. The second-order valence-corrected chi connectivity index (χ2v) is 8.23. The van der Waals surface area contributed by atoms with E-state index in [1.807, 2.05) is 66.7 Å². The molecule has 0 amide bonds. The van der Waals surface area contributed by atoms with E-state index in [9.17, 15) is 4.79 Å². The summed E-state index contributed by atoms with van der Waals surface area (Å²) in [4.78, 5) is 19.1. The minimum atomic E-state index is 0.0128. The average molecular weight is 405 g/mol. The quantitative estimate of drug-likeness (QED) is 0.233. The standard InChI is InChI=1S/C26H15NO2S/c28-24(16-8-2-1-3-9-16)21-14-15-22(30-21)26-27-23-19-12-6-4-10-17(19)18-11-5-7-13-20(18)25(23)29-26/h1-15H. The fourth-order valence-electron chi connectivity index (χ4n) is 3.94. The number of carbonyl (C=O) groups is 1. The van der Waals surface area contributed by atoms with Gasteiger partial charge in [-0.3, -0.25) is 4.79 Å². The van der Waals surface area contributed by atoms with Crippen LogP contribution < -0.4 is 0 Å². The largest absolute Gasteiger partial charge is 0.435 e.